The van der Waals surface area contributed by atoms with Crippen molar-refractivity contribution in [3.05, 3.63) is 29.6 Å². The lowest BCUT2D eigenvalue weighted by molar-refractivity contribution is 0.0544. The minimum atomic E-state index is -0.706. The van der Waals surface area contributed by atoms with Gasteiger partial charge in [-0.1, -0.05) is 12.8 Å². The first-order valence-electron chi connectivity index (χ1n) is 9.34. The zero-order valence-corrected chi connectivity index (χ0v) is 16.2. The van der Waals surface area contributed by atoms with Crippen LogP contribution in [-0.2, 0) is 4.74 Å². The van der Waals surface area contributed by atoms with E-state index in [1.165, 1.54) is 16.8 Å². The molecule has 0 aliphatic heterocycles. The second kappa shape index (κ2) is 7.60. The van der Waals surface area contributed by atoms with E-state index in [1.807, 2.05) is 6.07 Å². The molecule has 1 aliphatic rings. The molecule has 0 saturated heterocycles. The normalized spacial score (nSPS) is 19.8. The maximum absolute atomic E-state index is 12.9. The van der Waals surface area contributed by atoms with Crippen LogP contribution in [0.2, 0.25) is 0 Å². The van der Waals surface area contributed by atoms with Crippen molar-refractivity contribution < 1.29 is 19.4 Å². The summed E-state index contributed by atoms with van der Waals surface area (Å²) < 4.78 is 6.63. The van der Waals surface area contributed by atoms with Gasteiger partial charge >= 0.3 is 6.09 Å². The van der Waals surface area contributed by atoms with Crippen molar-refractivity contribution in [2.75, 3.05) is 0 Å². The fourth-order valence-electron chi connectivity index (χ4n) is 3.32. The highest BCUT2D eigenvalue weighted by Gasteiger charge is 2.28. The number of fused-ring (bicyclic) bond motifs is 1. The van der Waals surface area contributed by atoms with Crippen molar-refractivity contribution in [3.8, 4) is 6.07 Å². The van der Waals surface area contributed by atoms with Gasteiger partial charge in [0.1, 0.15) is 22.9 Å². The largest absolute Gasteiger partial charge is 0.443 e. The van der Waals surface area contributed by atoms with Gasteiger partial charge < -0.3 is 15.2 Å². The van der Waals surface area contributed by atoms with Crippen molar-refractivity contribution in [2.45, 2.75) is 64.2 Å². The number of ether oxygens (including phenoxy) is 1. The van der Waals surface area contributed by atoms with E-state index in [0.717, 1.165) is 12.8 Å². The number of nitrogens with one attached hydrogen (secondary N) is 1. The summed E-state index contributed by atoms with van der Waals surface area (Å²) in [7, 11) is 0. The third-order valence-corrected chi connectivity index (χ3v) is 4.64. The fraction of sp³-hybridized carbons (Fsp3) is 0.500. The van der Waals surface area contributed by atoms with Crippen LogP contribution in [0.4, 0.5) is 4.79 Å². The summed E-state index contributed by atoms with van der Waals surface area (Å²) in [4.78, 5) is 29.7. The Kier molecular flexibility index (Phi) is 5.38. The highest BCUT2D eigenvalue weighted by Crippen LogP contribution is 2.24. The predicted octanol–water partition coefficient (Wildman–Crippen LogP) is 2.72. The van der Waals surface area contributed by atoms with E-state index >= 15 is 0 Å². The molecule has 8 heteroatoms. The van der Waals surface area contributed by atoms with Crippen LogP contribution < -0.4 is 5.32 Å². The van der Waals surface area contributed by atoms with Crippen LogP contribution in [0, 0.1) is 11.3 Å². The number of carbonyl (C=O) groups excluding carboxylic acids is 2. The number of rotatable bonds is 2. The summed E-state index contributed by atoms with van der Waals surface area (Å²) in [6.45, 7) is 5.25. The second-order valence-electron chi connectivity index (χ2n) is 8.00. The molecular weight excluding hydrogens is 360 g/mol. The summed E-state index contributed by atoms with van der Waals surface area (Å²) in [5.41, 5.74) is 0.217. The molecule has 0 bridgehead atoms. The smallest absolute Gasteiger partial charge is 0.419 e. The molecule has 2 unspecified atom stereocenters. The Morgan fingerprint density at radius 2 is 2.04 bits per heavy atom. The minimum Gasteiger partial charge on any atom is -0.443 e. The topological polar surface area (TPSA) is 117 Å². The van der Waals surface area contributed by atoms with Crippen LogP contribution in [0.1, 0.15) is 62.5 Å². The van der Waals surface area contributed by atoms with Crippen LogP contribution in [0.15, 0.2) is 18.3 Å². The lowest BCUT2D eigenvalue weighted by atomic mass is 9.92. The lowest BCUT2D eigenvalue weighted by Crippen LogP contribution is -2.45. The zero-order chi connectivity index (χ0) is 20.5. The standard InChI is InChI=1S/C20H24N4O4/c1-20(2,3)28-19(27)24-11-13(17-15(24)9-8-12(10-21)22-17)18(26)23-14-6-4-5-7-16(14)25/h8-9,11,14,16,25H,4-7H2,1-3H3,(H,23,26). The highest BCUT2D eigenvalue weighted by molar-refractivity contribution is 6.07. The summed E-state index contributed by atoms with van der Waals surface area (Å²) >= 11 is 0. The number of hydrogen-bond donors (Lipinski definition) is 2. The van der Waals surface area contributed by atoms with E-state index in [1.54, 1.807) is 26.8 Å². The van der Waals surface area contributed by atoms with Gasteiger partial charge in [-0.15, -0.1) is 0 Å². The summed E-state index contributed by atoms with van der Waals surface area (Å²) in [6, 6.07) is 4.64. The van der Waals surface area contributed by atoms with Gasteiger partial charge in [-0.05, 0) is 45.7 Å². The quantitative estimate of drug-likeness (QED) is 0.822. The molecule has 3 rings (SSSR count). The van der Waals surface area contributed by atoms with Gasteiger partial charge in [0.15, 0.2) is 0 Å². The average molecular weight is 384 g/mol. The summed E-state index contributed by atoms with van der Waals surface area (Å²) in [6.07, 6.45) is 3.32. The Labute approximate surface area is 163 Å². The Balaban J connectivity index is 1.99. The molecule has 2 N–H and O–H groups in total. The van der Waals surface area contributed by atoms with Gasteiger partial charge in [0.2, 0.25) is 0 Å². The van der Waals surface area contributed by atoms with Crippen LogP contribution in [-0.4, -0.2) is 44.4 Å². The summed E-state index contributed by atoms with van der Waals surface area (Å²) in [5.74, 6) is -0.444. The van der Waals surface area contributed by atoms with E-state index in [4.69, 9.17) is 10.00 Å². The molecule has 28 heavy (non-hydrogen) atoms. The van der Waals surface area contributed by atoms with Crippen molar-refractivity contribution >= 4 is 23.0 Å². The van der Waals surface area contributed by atoms with Crippen LogP contribution in [0.25, 0.3) is 11.0 Å². The maximum atomic E-state index is 12.9. The van der Waals surface area contributed by atoms with Gasteiger partial charge in [-0.3, -0.25) is 9.36 Å². The van der Waals surface area contributed by atoms with Crippen molar-refractivity contribution in [1.29, 1.82) is 5.26 Å². The van der Waals surface area contributed by atoms with E-state index in [0.29, 0.717) is 18.4 Å². The van der Waals surface area contributed by atoms with Crippen molar-refractivity contribution in [1.82, 2.24) is 14.9 Å². The third kappa shape index (κ3) is 4.15. The number of aliphatic hydroxyl groups is 1. The van der Waals surface area contributed by atoms with E-state index < -0.39 is 23.7 Å². The number of amides is 1. The first-order chi connectivity index (χ1) is 13.2. The molecule has 0 spiro atoms. The molecule has 148 valence electrons. The number of nitrogens with zero attached hydrogens (tertiary/aromatic N) is 3. The van der Waals surface area contributed by atoms with Gasteiger partial charge in [0.05, 0.1) is 23.2 Å². The molecule has 2 aromatic heterocycles. The molecule has 2 atom stereocenters. The Morgan fingerprint density at radius 1 is 1.32 bits per heavy atom. The molecule has 1 saturated carbocycles. The van der Waals surface area contributed by atoms with Gasteiger partial charge in [0.25, 0.3) is 5.91 Å². The SMILES string of the molecule is CC(C)(C)OC(=O)n1cc(C(=O)NC2CCCCC2O)c2nc(C#N)ccc21. The molecule has 2 aromatic rings. The van der Waals surface area contributed by atoms with Gasteiger partial charge in [0, 0.05) is 6.20 Å². The fourth-order valence-corrected chi connectivity index (χ4v) is 3.32. The average Bonchev–Trinajstić information content (AvgIpc) is 3.01. The lowest BCUT2D eigenvalue weighted by Gasteiger charge is -2.28. The number of hydrogen-bond acceptors (Lipinski definition) is 6. The first kappa shape index (κ1) is 19.8. The minimum absolute atomic E-state index is 0.140. The Bertz CT molecular complexity index is 951. The zero-order valence-electron chi connectivity index (χ0n) is 16.2. The Morgan fingerprint density at radius 3 is 2.68 bits per heavy atom. The maximum Gasteiger partial charge on any atom is 0.419 e. The number of carbonyl (C=O) groups is 2. The first-order valence-corrected chi connectivity index (χ1v) is 9.34. The predicted molar refractivity (Wildman–Crippen MR) is 102 cm³/mol. The molecule has 0 aromatic carbocycles. The number of nitriles is 1. The number of aromatic nitrogens is 2. The van der Waals surface area contributed by atoms with E-state index in [9.17, 15) is 14.7 Å². The summed E-state index contributed by atoms with van der Waals surface area (Å²) in [5, 5.41) is 22.1. The Hall–Kier alpha value is -2.92. The molecule has 1 amide bonds. The molecule has 0 radical (unpaired) electrons. The highest BCUT2D eigenvalue weighted by atomic mass is 16.6. The molecule has 1 aliphatic carbocycles. The molecule has 8 nitrogen and oxygen atoms in total. The third-order valence-electron chi connectivity index (χ3n) is 4.64. The monoisotopic (exact) mass is 384 g/mol. The number of aliphatic hydroxyl groups excluding tert-OH is 1. The number of pyridine rings is 1. The van der Waals surface area contributed by atoms with Crippen molar-refractivity contribution in [2.24, 2.45) is 0 Å². The van der Waals surface area contributed by atoms with E-state index in [-0.39, 0.29) is 22.8 Å². The molecule has 1 fully saturated rings. The van der Waals surface area contributed by atoms with Crippen LogP contribution in [0.3, 0.4) is 0 Å². The van der Waals surface area contributed by atoms with E-state index in [2.05, 4.69) is 10.3 Å². The molecular formula is C20H24N4O4. The molecule has 2 heterocycles. The second-order valence-corrected chi connectivity index (χ2v) is 8.00. The van der Waals surface area contributed by atoms with Gasteiger partial charge in [-0.2, -0.15) is 5.26 Å². The van der Waals surface area contributed by atoms with Crippen LogP contribution >= 0.6 is 0 Å². The van der Waals surface area contributed by atoms with Gasteiger partial charge in [-0.25, -0.2) is 9.78 Å². The van der Waals surface area contributed by atoms with Crippen molar-refractivity contribution in [3.63, 3.8) is 0 Å². The van der Waals surface area contributed by atoms with Crippen LogP contribution in [0.5, 0.6) is 0 Å².